The van der Waals surface area contributed by atoms with Crippen molar-refractivity contribution in [3.05, 3.63) is 41.2 Å². The van der Waals surface area contributed by atoms with Gasteiger partial charge < -0.3 is 5.32 Å². The van der Waals surface area contributed by atoms with E-state index < -0.39 is 0 Å². The van der Waals surface area contributed by atoms with E-state index in [0.29, 0.717) is 11.4 Å². The van der Waals surface area contributed by atoms with Gasteiger partial charge in [-0.25, -0.2) is 0 Å². The third-order valence-electron chi connectivity index (χ3n) is 2.58. The molecular formula is C12H14N4O. The summed E-state index contributed by atoms with van der Waals surface area (Å²) < 4.78 is 0. The minimum absolute atomic E-state index is 0.239. The van der Waals surface area contributed by atoms with E-state index in [-0.39, 0.29) is 5.91 Å². The smallest absolute Gasteiger partial charge is 0.278 e. The van der Waals surface area contributed by atoms with E-state index in [1.807, 2.05) is 31.2 Å². The largest absolute Gasteiger partial charge is 0.320 e. The van der Waals surface area contributed by atoms with Crippen molar-refractivity contribution in [1.82, 2.24) is 15.4 Å². The van der Waals surface area contributed by atoms with Gasteiger partial charge in [0.2, 0.25) is 0 Å². The molecule has 0 fully saturated rings. The van der Waals surface area contributed by atoms with Crippen molar-refractivity contribution in [2.75, 3.05) is 5.32 Å². The van der Waals surface area contributed by atoms with Gasteiger partial charge in [-0.2, -0.15) is 15.4 Å². The molecule has 5 heteroatoms. The predicted octanol–water partition coefficient (Wildman–Crippen LogP) is 1.93. The Morgan fingerprint density at radius 2 is 2.12 bits per heavy atom. The van der Waals surface area contributed by atoms with Crippen molar-refractivity contribution in [2.45, 2.75) is 20.3 Å². The zero-order chi connectivity index (χ0) is 12.3. The average Bonchev–Trinajstić information content (AvgIpc) is 2.76. The predicted molar refractivity (Wildman–Crippen MR) is 64.9 cm³/mol. The van der Waals surface area contributed by atoms with Crippen LogP contribution in [0.5, 0.6) is 0 Å². The second kappa shape index (κ2) is 4.78. The van der Waals surface area contributed by atoms with Gasteiger partial charge in [-0.1, -0.05) is 25.1 Å². The molecule has 0 aliphatic rings. The first-order chi connectivity index (χ1) is 8.22. The molecule has 0 bridgehead atoms. The summed E-state index contributed by atoms with van der Waals surface area (Å²) in [6.45, 7) is 3.79. The molecule has 0 saturated heterocycles. The lowest BCUT2D eigenvalue weighted by molar-refractivity contribution is 0.102. The van der Waals surface area contributed by atoms with Crippen molar-refractivity contribution in [1.29, 1.82) is 0 Å². The number of hydrogen-bond acceptors (Lipinski definition) is 3. The number of benzene rings is 1. The summed E-state index contributed by atoms with van der Waals surface area (Å²) >= 11 is 0. The maximum atomic E-state index is 11.9. The number of amides is 1. The molecule has 5 nitrogen and oxygen atoms in total. The van der Waals surface area contributed by atoms with Gasteiger partial charge in [-0.05, 0) is 25.0 Å². The highest BCUT2D eigenvalue weighted by Gasteiger charge is 2.14. The molecule has 17 heavy (non-hydrogen) atoms. The highest BCUT2D eigenvalue weighted by atomic mass is 16.2. The number of rotatable bonds is 3. The molecule has 2 rings (SSSR count). The summed E-state index contributed by atoms with van der Waals surface area (Å²) in [5, 5.41) is 12.9. The number of aromatic amines is 1. The normalized spacial score (nSPS) is 10.2. The van der Waals surface area contributed by atoms with Gasteiger partial charge in [0.1, 0.15) is 0 Å². The van der Waals surface area contributed by atoms with Gasteiger partial charge in [-0.15, -0.1) is 0 Å². The Bertz CT molecular complexity index is 533. The SMILES string of the molecule is CCc1ccccc1NC(=O)c1n[nH]nc1C. The fourth-order valence-electron chi connectivity index (χ4n) is 1.63. The van der Waals surface area contributed by atoms with E-state index >= 15 is 0 Å². The zero-order valence-electron chi connectivity index (χ0n) is 9.82. The Balaban J connectivity index is 2.22. The topological polar surface area (TPSA) is 70.7 Å². The van der Waals surface area contributed by atoms with E-state index in [1.54, 1.807) is 6.92 Å². The van der Waals surface area contributed by atoms with Crippen LogP contribution in [0.3, 0.4) is 0 Å². The fraction of sp³-hybridized carbons (Fsp3) is 0.250. The van der Waals surface area contributed by atoms with E-state index in [1.165, 1.54) is 0 Å². The monoisotopic (exact) mass is 230 g/mol. The number of carbonyl (C=O) groups excluding carboxylic acids is 1. The molecule has 0 saturated carbocycles. The molecule has 0 radical (unpaired) electrons. The van der Waals surface area contributed by atoms with Crippen molar-refractivity contribution in [2.24, 2.45) is 0 Å². The third-order valence-corrected chi connectivity index (χ3v) is 2.58. The van der Waals surface area contributed by atoms with Crippen molar-refractivity contribution in [3.8, 4) is 0 Å². The molecule has 1 aromatic heterocycles. The van der Waals surface area contributed by atoms with Gasteiger partial charge in [0.25, 0.3) is 5.91 Å². The number of H-pyrrole nitrogens is 1. The molecule has 2 aromatic rings. The van der Waals surface area contributed by atoms with Crippen LogP contribution in [0, 0.1) is 6.92 Å². The summed E-state index contributed by atoms with van der Waals surface area (Å²) in [7, 11) is 0. The van der Waals surface area contributed by atoms with Crippen LogP contribution in [0.1, 0.15) is 28.7 Å². The van der Waals surface area contributed by atoms with Crippen molar-refractivity contribution >= 4 is 11.6 Å². The molecular weight excluding hydrogens is 216 g/mol. The summed E-state index contributed by atoms with van der Waals surface area (Å²) in [6.07, 6.45) is 0.869. The minimum Gasteiger partial charge on any atom is -0.320 e. The quantitative estimate of drug-likeness (QED) is 0.846. The number of hydrogen-bond donors (Lipinski definition) is 2. The molecule has 1 aromatic carbocycles. The van der Waals surface area contributed by atoms with E-state index in [2.05, 4.69) is 20.7 Å². The fourth-order valence-corrected chi connectivity index (χ4v) is 1.63. The second-order valence-electron chi connectivity index (χ2n) is 3.72. The molecule has 0 unspecified atom stereocenters. The van der Waals surface area contributed by atoms with Gasteiger partial charge in [-0.3, -0.25) is 4.79 Å². The Hall–Kier alpha value is -2.17. The summed E-state index contributed by atoms with van der Waals surface area (Å²) in [4.78, 5) is 11.9. The van der Waals surface area contributed by atoms with Crippen LogP contribution in [0.4, 0.5) is 5.69 Å². The van der Waals surface area contributed by atoms with Gasteiger partial charge in [0.15, 0.2) is 5.69 Å². The molecule has 0 atom stereocenters. The maximum absolute atomic E-state index is 11.9. The lowest BCUT2D eigenvalue weighted by Gasteiger charge is -2.08. The Kier molecular flexibility index (Phi) is 3.18. The number of nitrogens with one attached hydrogen (secondary N) is 2. The van der Waals surface area contributed by atoms with Crippen LogP contribution < -0.4 is 5.32 Å². The van der Waals surface area contributed by atoms with Crippen LogP contribution >= 0.6 is 0 Å². The highest BCUT2D eigenvalue weighted by Crippen LogP contribution is 2.16. The van der Waals surface area contributed by atoms with Crippen LogP contribution in [-0.4, -0.2) is 21.3 Å². The summed E-state index contributed by atoms with van der Waals surface area (Å²) in [5.74, 6) is -0.239. The lowest BCUT2D eigenvalue weighted by atomic mass is 10.1. The number of aromatic nitrogens is 3. The molecule has 0 spiro atoms. The van der Waals surface area contributed by atoms with E-state index in [9.17, 15) is 4.79 Å². The molecule has 0 aliphatic carbocycles. The highest BCUT2D eigenvalue weighted by molar-refractivity contribution is 6.03. The summed E-state index contributed by atoms with van der Waals surface area (Å²) in [5.41, 5.74) is 2.84. The molecule has 88 valence electrons. The Morgan fingerprint density at radius 3 is 2.76 bits per heavy atom. The number of para-hydroxylation sites is 1. The van der Waals surface area contributed by atoms with Gasteiger partial charge >= 0.3 is 0 Å². The van der Waals surface area contributed by atoms with Crippen molar-refractivity contribution in [3.63, 3.8) is 0 Å². The number of carbonyl (C=O) groups is 1. The first kappa shape index (κ1) is 11.3. The first-order valence-electron chi connectivity index (χ1n) is 5.49. The number of aryl methyl sites for hydroxylation is 2. The van der Waals surface area contributed by atoms with Crippen LogP contribution in [-0.2, 0) is 6.42 Å². The van der Waals surface area contributed by atoms with Crippen LogP contribution in [0.25, 0.3) is 0 Å². The van der Waals surface area contributed by atoms with Gasteiger partial charge in [0, 0.05) is 5.69 Å². The second-order valence-corrected chi connectivity index (χ2v) is 3.72. The van der Waals surface area contributed by atoms with Crippen LogP contribution in [0.15, 0.2) is 24.3 Å². The van der Waals surface area contributed by atoms with Crippen molar-refractivity contribution < 1.29 is 4.79 Å². The maximum Gasteiger partial charge on any atom is 0.278 e. The summed E-state index contributed by atoms with van der Waals surface area (Å²) in [6, 6.07) is 7.72. The molecule has 0 aliphatic heterocycles. The van der Waals surface area contributed by atoms with Gasteiger partial charge in [0.05, 0.1) is 5.69 Å². The molecule has 1 heterocycles. The average molecular weight is 230 g/mol. The standard InChI is InChI=1S/C12H14N4O/c1-3-9-6-4-5-7-10(9)13-12(17)11-8(2)14-16-15-11/h4-7H,3H2,1-2H3,(H,13,17)(H,14,15,16). The first-order valence-corrected chi connectivity index (χ1v) is 5.49. The third kappa shape index (κ3) is 2.33. The number of anilines is 1. The minimum atomic E-state index is -0.239. The van der Waals surface area contributed by atoms with Crippen LogP contribution in [0.2, 0.25) is 0 Å². The number of nitrogens with zero attached hydrogens (tertiary/aromatic N) is 2. The molecule has 1 amide bonds. The lowest BCUT2D eigenvalue weighted by Crippen LogP contribution is -2.14. The zero-order valence-corrected chi connectivity index (χ0v) is 9.82. The Labute approximate surface area is 99.2 Å². The van der Waals surface area contributed by atoms with E-state index in [0.717, 1.165) is 17.7 Å². The Morgan fingerprint density at radius 1 is 1.35 bits per heavy atom. The van der Waals surface area contributed by atoms with E-state index in [4.69, 9.17) is 0 Å². The molecule has 2 N–H and O–H groups in total.